The summed E-state index contributed by atoms with van der Waals surface area (Å²) in [7, 11) is -3.40. The summed E-state index contributed by atoms with van der Waals surface area (Å²) >= 11 is 6.88. The topological polar surface area (TPSA) is 46.2 Å². The zero-order valence-corrected chi connectivity index (χ0v) is 10.7. The third-order valence-electron chi connectivity index (χ3n) is 1.74. The lowest BCUT2D eigenvalue weighted by Gasteiger charge is -2.01. The van der Waals surface area contributed by atoms with Crippen molar-refractivity contribution in [1.82, 2.24) is 4.72 Å². The molecule has 0 amide bonds. The maximum Gasteiger partial charge on any atom is 0.250 e. The average molecular weight is 266 g/mol. The normalized spacial score (nSPS) is 11.6. The van der Waals surface area contributed by atoms with Gasteiger partial charge in [0, 0.05) is 6.54 Å². The van der Waals surface area contributed by atoms with Crippen LogP contribution in [0.5, 0.6) is 0 Å². The van der Waals surface area contributed by atoms with E-state index in [2.05, 4.69) is 11.3 Å². The van der Waals surface area contributed by atoms with Crippen LogP contribution in [0.3, 0.4) is 0 Å². The molecule has 1 heterocycles. The van der Waals surface area contributed by atoms with Crippen molar-refractivity contribution in [2.24, 2.45) is 0 Å². The first kappa shape index (κ1) is 12.7. The predicted octanol–water partition coefficient (Wildman–Crippen LogP) is 2.56. The van der Waals surface area contributed by atoms with Gasteiger partial charge >= 0.3 is 0 Å². The second kappa shape index (κ2) is 5.12. The van der Waals surface area contributed by atoms with Gasteiger partial charge in [0.25, 0.3) is 0 Å². The molecule has 0 saturated heterocycles. The largest absolute Gasteiger partial charge is 0.250 e. The molecule has 0 saturated carbocycles. The van der Waals surface area contributed by atoms with Crippen LogP contribution >= 0.6 is 22.9 Å². The van der Waals surface area contributed by atoms with Crippen LogP contribution in [0.4, 0.5) is 0 Å². The van der Waals surface area contributed by atoms with E-state index >= 15 is 0 Å². The molecule has 3 nitrogen and oxygen atoms in total. The van der Waals surface area contributed by atoms with Gasteiger partial charge in [0.1, 0.15) is 4.21 Å². The number of hydrogen-bond donors (Lipinski definition) is 1. The number of aryl methyl sites for hydroxylation is 1. The van der Waals surface area contributed by atoms with E-state index in [-0.39, 0.29) is 4.21 Å². The smallest absolute Gasteiger partial charge is 0.210 e. The van der Waals surface area contributed by atoms with Crippen molar-refractivity contribution in [3.63, 3.8) is 0 Å². The summed E-state index contributed by atoms with van der Waals surface area (Å²) in [6.45, 7) is 5.66. The van der Waals surface area contributed by atoms with E-state index in [0.29, 0.717) is 17.3 Å². The Labute approximate surface area is 98.8 Å². The molecule has 0 aliphatic carbocycles. The van der Waals surface area contributed by atoms with Gasteiger partial charge in [-0.1, -0.05) is 17.7 Å². The SMILES string of the molecule is C=CCCNS(=O)(=O)c1cc(C)c(Cl)s1. The highest BCUT2D eigenvalue weighted by Crippen LogP contribution is 2.29. The van der Waals surface area contributed by atoms with Crippen LogP contribution in [-0.2, 0) is 10.0 Å². The summed E-state index contributed by atoms with van der Waals surface area (Å²) in [6.07, 6.45) is 2.27. The van der Waals surface area contributed by atoms with Crippen molar-refractivity contribution in [3.8, 4) is 0 Å². The molecule has 0 radical (unpaired) electrons. The molecule has 0 aliphatic heterocycles. The summed E-state index contributed by atoms with van der Waals surface area (Å²) in [5, 5.41) is 0. The summed E-state index contributed by atoms with van der Waals surface area (Å²) in [5.41, 5.74) is 0.783. The zero-order valence-electron chi connectivity index (χ0n) is 8.29. The Morgan fingerprint density at radius 1 is 1.67 bits per heavy atom. The minimum absolute atomic E-state index is 0.258. The molecule has 0 fully saturated rings. The molecular formula is C9H12ClNO2S2. The van der Waals surface area contributed by atoms with Crippen molar-refractivity contribution in [3.05, 3.63) is 28.6 Å². The maximum atomic E-state index is 11.7. The summed E-state index contributed by atoms with van der Waals surface area (Å²) in [6, 6.07) is 1.57. The van der Waals surface area contributed by atoms with Crippen LogP contribution in [0, 0.1) is 6.92 Å². The molecular weight excluding hydrogens is 254 g/mol. The van der Waals surface area contributed by atoms with Crippen LogP contribution in [0.15, 0.2) is 22.9 Å². The second-order valence-corrected chi connectivity index (χ2v) is 6.65. The fraction of sp³-hybridized carbons (Fsp3) is 0.333. The number of halogens is 1. The first-order valence-corrected chi connectivity index (χ1v) is 7.01. The van der Waals surface area contributed by atoms with Crippen molar-refractivity contribution in [2.75, 3.05) is 6.54 Å². The van der Waals surface area contributed by atoms with E-state index in [4.69, 9.17) is 11.6 Å². The molecule has 0 aromatic carbocycles. The molecule has 0 aliphatic rings. The van der Waals surface area contributed by atoms with Crippen molar-refractivity contribution < 1.29 is 8.42 Å². The van der Waals surface area contributed by atoms with Crippen molar-refractivity contribution >= 4 is 33.0 Å². The second-order valence-electron chi connectivity index (χ2n) is 3.00. The highest BCUT2D eigenvalue weighted by Gasteiger charge is 2.17. The van der Waals surface area contributed by atoms with E-state index < -0.39 is 10.0 Å². The van der Waals surface area contributed by atoms with E-state index in [1.165, 1.54) is 0 Å². The Balaban J connectivity index is 2.82. The monoisotopic (exact) mass is 265 g/mol. The van der Waals surface area contributed by atoms with E-state index in [1.54, 1.807) is 19.1 Å². The van der Waals surface area contributed by atoms with Crippen LogP contribution in [0.25, 0.3) is 0 Å². The third kappa shape index (κ3) is 3.31. The van der Waals surface area contributed by atoms with E-state index in [9.17, 15) is 8.42 Å². The fourth-order valence-corrected chi connectivity index (χ4v) is 3.73. The lowest BCUT2D eigenvalue weighted by Crippen LogP contribution is -2.23. The quantitative estimate of drug-likeness (QED) is 0.657. The summed E-state index contributed by atoms with van der Waals surface area (Å²) in [5.74, 6) is 0. The van der Waals surface area contributed by atoms with Gasteiger partial charge in [0.05, 0.1) is 4.34 Å². The molecule has 0 bridgehead atoms. The van der Waals surface area contributed by atoms with Gasteiger partial charge in [-0.25, -0.2) is 13.1 Å². The van der Waals surface area contributed by atoms with Gasteiger partial charge < -0.3 is 0 Å². The third-order valence-corrected chi connectivity index (χ3v) is 5.23. The fourth-order valence-electron chi connectivity index (χ4n) is 0.931. The number of sulfonamides is 1. The van der Waals surface area contributed by atoms with Crippen LogP contribution in [0.2, 0.25) is 4.34 Å². The predicted molar refractivity (Wildman–Crippen MR) is 64.1 cm³/mol. The van der Waals surface area contributed by atoms with Gasteiger partial charge in [-0.15, -0.1) is 17.9 Å². The number of rotatable bonds is 5. The van der Waals surface area contributed by atoms with Gasteiger partial charge in [-0.3, -0.25) is 0 Å². The molecule has 0 spiro atoms. The van der Waals surface area contributed by atoms with Crippen LogP contribution in [0.1, 0.15) is 12.0 Å². The minimum Gasteiger partial charge on any atom is -0.210 e. The standard InChI is InChI=1S/C9H12ClNO2S2/c1-3-4-5-11-15(12,13)8-6-7(2)9(10)14-8/h3,6,11H,1,4-5H2,2H3. The molecule has 0 atom stereocenters. The Kier molecular flexibility index (Phi) is 4.33. The van der Waals surface area contributed by atoms with E-state index in [0.717, 1.165) is 16.9 Å². The maximum absolute atomic E-state index is 11.7. The molecule has 84 valence electrons. The van der Waals surface area contributed by atoms with Crippen molar-refractivity contribution in [1.29, 1.82) is 0 Å². The summed E-state index contributed by atoms with van der Waals surface area (Å²) < 4.78 is 26.6. The van der Waals surface area contributed by atoms with Gasteiger partial charge in [0.2, 0.25) is 10.0 Å². The number of nitrogens with one attached hydrogen (secondary N) is 1. The number of thiophene rings is 1. The molecule has 1 aromatic heterocycles. The molecule has 15 heavy (non-hydrogen) atoms. The molecule has 1 N–H and O–H groups in total. The molecule has 1 rings (SSSR count). The Morgan fingerprint density at radius 2 is 2.33 bits per heavy atom. The van der Waals surface area contributed by atoms with Crippen LogP contribution < -0.4 is 4.72 Å². The number of hydrogen-bond acceptors (Lipinski definition) is 3. The van der Waals surface area contributed by atoms with Crippen LogP contribution in [-0.4, -0.2) is 15.0 Å². The van der Waals surface area contributed by atoms with Gasteiger partial charge in [0.15, 0.2) is 0 Å². The molecule has 1 aromatic rings. The molecule has 6 heteroatoms. The minimum atomic E-state index is -3.40. The van der Waals surface area contributed by atoms with Gasteiger partial charge in [-0.2, -0.15) is 0 Å². The van der Waals surface area contributed by atoms with Crippen molar-refractivity contribution in [2.45, 2.75) is 17.6 Å². The van der Waals surface area contributed by atoms with Gasteiger partial charge in [-0.05, 0) is 25.0 Å². The summed E-state index contributed by atoms with van der Waals surface area (Å²) in [4.78, 5) is 0. The molecule has 0 unspecified atom stereocenters. The first-order valence-electron chi connectivity index (χ1n) is 4.34. The highest BCUT2D eigenvalue weighted by atomic mass is 35.5. The first-order chi connectivity index (χ1) is 6.97. The lowest BCUT2D eigenvalue weighted by molar-refractivity contribution is 0.584. The zero-order chi connectivity index (χ0) is 11.5. The lowest BCUT2D eigenvalue weighted by atomic mass is 10.4. The highest BCUT2D eigenvalue weighted by molar-refractivity contribution is 7.91. The Hall–Kier alpha value is -0.360. The average Bonchev–Trinajstić information content (AvgIpc) is 2.48. The van der Waals surface area contributed by atoms with E-state index in [1.807, 2.05) is 0 Å². The Morgan fingerprint density at radius 3 is 2.80 bits per heavy atom. The Bertz CT molecular complexity index is 431.